The third-order valence-corrected chi connectivity index (χ3v) is 3.13. The van der Waals surface area contributed by atoms with Crippen molar-refractivity contribution in [3.8, 4) is 11.3 Å². The van der Waals surface area contributed by atoms with Gasteiger partial charge in [-0.3, -0.25) is 0 Å². The van der Waals surface area contributed by atoms with Crippen molar-refractivity contribution < 1.29 is 21.9 Å². The average Bonchev–Trinajstić information content (AvgIpc) is 2.36. The lowest BCUT2D eigenvalue weighted by atomic mass is 10.1. The Morgan fingerprint density at radius 2 is 1.95 bits per heavy atom. The summed E-state index contributed by atoms with van der Waals surface area (Å²) in [6, 6.07) is 7.64. The second kappa shape index (κ2) is 5.90. The van der Waals surface area contributed by atoms with Crippen molar-refractivity contribution in [2.75, 3.05) is 0 Å². The van der Waals surface area contributed by atoms with Crippen LogP contribution in [-0.2, 0) is 23.0 Å². The molecule has 0 saturated carbocycles. The molecule has 0 spiro atoms. The number of aromatic nitrogens is 2. The largest absolute Gasteiger partial charge is 0.433 e. The first-order valence-electron chi connectivity index (χ1n) is 5.85. The molecule has 2 aromatic rings. The number of benzene rings is 1. The van der Waals surface area contributed by atoms with Crippen LogP contribution >= 0.6 is 0 Å². The normalized spacial score (nSPS) is 13.2. The molecule has 1 N–H and O–H groups in total. The van der Waals surface area contributed by atoms with Gasteiger partial charge >= 0.3 is 6.18 Å². The fourth-order valence-corrected chi connectivity index (χ4v) is 2.12. The van der Waals surface area contributed by atoms with E-state index in [-0.39, 0.29) is 11.5 Å². The van der Waals surface area contributed by atoms with Crippen molar-refractivity contribution in [1.29, 1.82) is 0 Å². The molecule has 0 fully saturated rings. The highest BCUT2D eigenvalue weighted by molar-refractivity contribution is 7.78. The Labute approximate surface area is 121 Å². The third kappa shape index (κ3) is 4.08. The van der Waals surface area contributed by atoms with E-state index in [0.717, 1.165) is 11.6 Å². The minimum absolute atomic E-state index is 0.0708. The van der Waals surface area contributed by atoms with E-state index >= 15 is 0 Å². The van der Waals surface area contributed by atoms with Crippen molar-refractivity contribution in [3.05, 3.63) is 47.4 Å². The summed E-state index contributed by atoms with van der Waals surface area (Å²) in [7, 11) is 0. The van der Waals surface area contributed by atoms with Crippen molar-refractivity contribution in [3.63, 3.8) is 0 Å². The monoisotopic (exact) mass is 316 g/mol. The Morgan fingerprint density at radius 1 is 1.24 bits per heavy atom. The maximum Gasteiger partial charge on any atom is 0.433 e. The fourth-order valence-electron chi connectivity index (χ4n) is 1.77. The van der Waals surface area contributed by atoms with Crippen LogP contribution in [0, 0.1) is 6.92 Å². The van der Waals surface area contributed by atoms with Gasteiger partial charge in [0.2, 0.25) is 0 Å². The Morgan fingerprint density at radius 3 is 2.52 bits per heavy atom. The zero-order chi connectivity index (χ0) is 15.6. The predicted molar refractivity (Wildman–Crippen MR) is 71.7 cm³/mol. The van der Waals surface area contributed by atoms with Gasteiger partial charge in [-0.05, 0) is 19.1 Å². The Bertz CT molecular complexity index is 689. The smallest absolute Gasteiger partial charge is 0.306 e. The van der Waals surface area contributed by atoms with Crippen LogP contribution < -0.4 is 0 Å². The molecule has 1 unspecified atom stereocenters. The topological polar surface area (TPSA) is 63.1 Å². The molecule has 1 aromatic carbocycles. The highest BCUT2D eigenvalue weighted by Gasteiger charge is 2.33. The standard InChI is InChI=1S/C13H11F3N2O2S/c1-8-3-2-4-9(5-8)10-6-11(13(14,15)16)18-12(17-10)7-21(19)20/h2-6H,7H2,1H3,(H,19,20). The van der Waals surface area contributed by atoms with Crippen molar-refractivity contribution in [1.82, 2.24) is 9.97 Å². The molecule has 1 heterocycles. The molecular formula is C13H11F3N2O2S. The van der Waals surface area contributed by atoms with Crippen LogP contribution in [0.4, 0.5) is 13.2 Å². The molecule has 0 bridgehead atoms. The summed E-state index contributed by atoms with van der Waals surface area (Å²) in [5, 5.41) is 0. The summed E-state index contributed by atoms with van der Waals surface area (Å²) in [6.07, 6.45) is -4.65. The molecule has 2 rings (SSSR count). The van der Waals surface area contributed by atoms with Crippen LogP contribution in [0.1, 0.15) is 17.1 Å². The number of aryl methyl sites for hydroxylation is 1. The quantitative estimate of drug-likeness (QED) is 0.883. The van der Waals surface area contributed by atoms with Gasteiger partial charge in [-0.25, -0.2) is 14.2 Å². The minimum atomic E-state index is -4.65. The summed E-state index contributed by atoms with van der Waals surface area (Å²) in [5.41, 5.74) is 0.302. The molecule has 21 heavy (non-hydrogen) atoms. The first kappa shape index (κ1) is 15.6. The third-order valence-electron chi connectivity index (χ3n) is 2.63. The summed E-state index contributed by atoms with van der Waals surface area (Å²) >= 11 is -2.31. The predicted octanol–water partition coefficient (Wildman–Crippen LogP) is 3.19. The Balaban J connectivity index is 2.57. The number of nitrogens with zero attached hydrogens (tertiary/aromatic N) is 2. The second-order valence-electron chi connectivity index (χ2n) is 4.39. The molecule has 1 atom stereocenters. The van der Waals surface area contributed by atoms with E-state index in [2.05, 4.69) is 9.97 Å². The van der Waals surface area contributed by atoms with E-state index in [4.69, 9.17) is 4.55 Å². The average molecular weight is 316 g/mol. The summed E-state index contributed by atoms with van der Waals surface area (Å²) in [4.78, 5) is 7.24. The van der Waals surface area contributed by atoms with Gasteiger partial charge in [0.1, 0.15) is 17.3 Å². The molecule has 1 aromatic heterocycles. The molecule has 0 amide bonds. The van der Waals surface area contributed by atoms with Gasteiger partial charge in [0.15, 0.2) is 11.1 Å². The summed E-state index contributed by atoms with van der Waals surface area (Å²) in [6.45, 7) is 1.80. The van der Waals surface area contributed by atoms with Gasteiger partial charge in [-0.1, -0.05) is 23.8 Å². The zero-order valence-electron chi connectivity index (χ0n) is 10.9. The van der Waals surface area contributed by atoms with Crippen LogP contribution in [0.5, 0.6) is 0 Å². The van der Waals surface area contributed by atoms with Crippen LogP contribution in [-0.4, -0.2) is 18.7 Å². The minimum Gasteiger partial charge on any atom is -0.306 e. The van der Waals surface area contributed by atoms with Gasteiger partial charge < -0.3 is 4.55 Å². The van der Waals surface area contributed by atoms with Gasteiger partial charge in [0.05, 0.1) is 5.69 Å². The van der Waals surface area contributed by atoms with Gasteiger partial charge in [-0.2, -0.15) is 13.2 Å². The highest BCUT2D eigenvalue weighted by atomic mass is 32.2. The number of hydrogen-bond donors (Lipinski definition) is 1. The lowest BCUT2D eigenvalue weighted by molar-refractivity contribution is -0.141. The van der Waals surface area contributed by atoms with Crippen molar-refractivity contribution in [2.45, 2.75) is 18.9 Å². The lowest BCUT2D eigenvalue weighted by Gasteiger charge is -2.10. The van der Waals surface area contributed by atoms with E-state index in [9.17, 15) is 17.4 Å². The van der Waals surface area contributed by atoms with Crippen molar-refractivity contribution in [2.24, 2.45) is 0 Å². The number of hydrogen-bond acceptors (Lipinski definition) is 3. The van der Waals surface area contributed by atoms with E-state index < -0.39 is 28.7 Å². The first-order valence-corrected chi connectivity index (χ1v) is 7.13. The molecule has 0 aliphatic carbocycles. The zero-order valence-corrected chi connectivity index (χ0v) is 11.7. The maximum absolute atomic E-state index is 12.9. The Kier molecular flexibility index (Phi) is 4.38. The highest BCUT2D eigenvalue weighted by Crippen LogP contribution is 2.30. The molecule has 0 aliphatic rings. The number of halogens is 3. The maximum atomic E-state index is 12.9. The summed E-state index contributed by atoms with van der Waals surface area (Å²) in [5.74, 6) is -0.870. The van der Waals surface area contributed by atoms with Gasteiger partial charge in [0.25, 0.3) is 0 Å². The van der Waals surface area contributed by atoms with Gasteiger partial charge in [0, 0.05) is 5.56 Å². The van der Waals surface area contributed by atoms with Crippen LogP contribution in [0.3, 0.4) is 0 Å². The van der Waals surface area contributed by atoms with Crippen LogP contribution in [0.2, 0.25) is 0 Å². The van der Waals surface area contributed by atoms with E-state index in [0.29, 0.717) is 5.56 Å². The van der Waals surface area contributed by atoms with E-state index in [1.165, 1.54) is 0 Å². The van der Waals surface area contributed by atoms with Gasteiger partial charge in [-0.15, -0.1) is 0 Å². The molecule has 8 heteroatoms. The number of alkyl halides is 3. The fraction of sp³-hybridized carbons (Fsp3) is 0.231. The first-order chi connectivity index (χ1) is 9.75. The SMILES string of the molecule is Cc1cccc(-c2cc(C(F)(F)F)nc(CS(=O)O)n2)c1. The molecule has 4 nitrogen and oxygen atoms in total. The second-order valence-corrected chi connectivity index (χ2v) is 5.32. The molecule has 0 aliphatic heterocycles. The van der Waals surface area contributed by atoms with Crippen LogP contribution in [0.25, 0.3) is 11.3 Å². The molecular weight excluding hydrogens is 305 g/mol. The molecule has 112 valence electrons. The van der Waals surface area contributed by atoms with E-state index in [1.54, 1.807) is 31.2 Å². The molecule has 0 saturated heterocycles. The Hall–Kier alpha value is -1.80. The van der Waals surface area contributed by atoms with Crippen LogP contribution in [0.15, 0.2) is 30.3 Å². The molecule has 0 radical (unpaired) electrons. The lowest BCUT2D eigenvalue weighted by Crippen LogP contribution is -2.12. The van der Waals surface area contributed by atoms with E-state index in [1.807, 2.05) is 0 Å². The van der Waals surface area contributed by atoms with Crippen molar-refractivity contribution >= 4 is 11.1 Å². The summed E-state index contributed by atoms with van der Waals surface area (Å²) < 4.78 is 58.2. The number of rotatable bonds is 3.